The van der Waals surface area contributed by atoms with Gasteiger partial charge in [0.25, 0.3) is 0 Å². The predicted molar refractivity (Wildman–Crippen MR) is 69.2 cm³/mol. The molecule has 1 aliphatic heterocycles. The van der Waals surface area contributed by atoms with Gasteiger partial charge < -0.3 is 10.0 Å². The molecule has 0 amide bonds. The lowest BCUT2D eigenvalue weighted by molar-refractivity contribution is 0.164. The molecule has 0 saturated heterocycles. The molecule has 3 rings (SSSR count). The van der Waals surface area contributed by atoms with E-state index in [2.05, 4.69) is 21.3 Å². The maximum atomic E-state index is 9.96. The fourth-order valence-electron chi connectivity index (χ4n) is 2.29. The summed E-state index contributed by atoms with van der Waals surface area (Å²) in [6.07, 6.45) is 0.471. The number of rotatable bonds is 2. The van der Waals surface area contributed by atoms with Gasteiger partial charge in [-0.3, -0.25) is 0 Å². The summed E-state index contributed by atoms with van der Waals surface area (Å²) in [5.41, 5.74) is 5.13. The van der Waals surface area contributed by atoms with Gasteiger partial charge in [-0.1, -0.05) is 18.2 Å². The van der Waals surface area contributed by atoms with Crippen LogP contribution in [0.15, 0.2) is 35.2 Å². The molecule has 2 aromatic rings. The highest BCUT2D eigenvalue weighted by Crippen LogP contribution is 2.34. The fourth-order valence-corrected chi connectivity index (χ4v) is 2.84. The number of anilines is 1. The monoisotopic (exact) mass is 246 g/mol. The van der Waals surface area contributed by atoms with Crippen LogP contribution in [-0.4, -0.2) is 16.6 Å². The largest absolute Gasteiger partial charge is 0.388 e. The third-order valence-electron chi connectivity index (χ3n) is 3.15. The molecule has 3 nitrogen and oxygen atoms in total. The average molecular weight is 246 g/mol. The Balaban J connectivity index is 1.90. The summed E-state index contributed by atoms with van der Waals surface area (Å²) in [6, 6.07) is 8.08. The van der Waals surface area contributed by atoms with Crippen molar-refractivity contribution in [3.63, 3.8) is 0 Å². The van der Waals surface area contributed by atoms with Crippen molar-refractivity contribution in [1.29, 1.82) is 0 Å². The van der Waals surface area contributed by atoms with Crippen molar-refractivity contribution in [1.82, 2.24) is 4.98 Å². The topological polar surface area (TPSA) is 36.4 Å². The summed E-state index contributed by atoms with van der Waals surface area (Å²) < 4.78 is 0. The Morgan fingerprint density at radius 2 is 2.29 bits per heavy atom. The molecule has 0 radical (unpaired) electrons. The number of benzene rings is 1. The van der Waals surface area contributed by atoms with Gasteiger partial charge in [-0.05, 0) is 12.5 Å². The smallest absolute Gasteiger partial charge is 0.0826 e. The second kappa shape index (κ2) is 4.47. The van der Waals surface area contributed by atoms with Gasteiger partial charge in [0.15, 0.2) is 0 Å². The number of aromatic nitrogens is 1. The van der Waals surface area contributed by atoms with Gasteiger partial charge in [-0.25, -0.2) is 4.98 Å². The predicted octanol–water partition coefficient (Wildman–Crippen LogP) is 2.59. The minimum absolute atomic E-state index is 0.321. The normalized spacial score (nSPS) is 19.1. The summed E-state index contributed by atoms with van der Waals surface area (Å²) in [5, 5.41) is 12.0. The van der Waals surface area contributed by atoms with E-state index >= 15 is 0 Å². The van der Waals surface area contributed by atoms with E-state index in [9.17, 15) is 5.11 Å². The second-order valence-corrected chi connectivity index (χ2v) is 4.98. The Hall–Kier alpha value is -1.39. The third kappa shape index (κ3) is 2.06. The first kappa shape index (κ1) is 10.7. The van der Waals surface area contributed by atoms with Crippen LogP contribution in [0.1, 0.15) is 23.8 Å². The Morgan fingerprint density at radius 1 is 1.41 bits per heavy atom. The lowest BCUT2D eigenvalue weighted by Gasteiger charge is -2.33. The summed E-state index contributed by atoms with van der Waals surface area (Å²) >= 11 is 1.62. The average Bonchev–Trinajstić information content (AvgIpc) is 2.86. The molecule has 1 aliphatic rings. The molecule has 1 N–H and O–H groups in total. The zero-order valence-electron chi connectivity index (χ0n) is 9.41. The number of hydrogen-bond donors (Lipinski definition) is 1. The second-order valence-electron chi connectivity index (χ2n) is 4.26. The lowest BCUT2D eigenvalue weighted by atomic mass is 9.99. The molecule has 0 fully saturated rings. The zero-order valence-corrected chi connectivity index (χ0v) is 10.2. The zero-order chi connectivity index (χ0) is 11.7. The molecule has 0 bridgehead atoms. The molecule has 4 heteroatoms. The molecular formula is C13H14N2OS. The fraction of sp³-hybridized carbons (Fsp3) is 0.308. The number of aliphatic hydroxyl groups is 1. The van der Waals surface area contributed by atoms with Gasteiger partial charge in [-0.2, -0.15) is 0 Å². The van der Waals surface area contributed by atoms with E-state index in [4.69, 9.17) is 0 Å². The van der Waals surface area contributed by atoms with Crippen molar-refractivity contribution in [3.8, 4) is 0 Å². The summed E-state index contributed by atoms with van der Waals surface area (Å²) in [4.78, 5) is 6.61. The van der Waals surface area contributed by atoms with Crippen molar-refractivity contribution in [2.45, 2.75) is 19.1 Å². The molecule has 17 heavy (non-hydrogen) atoms. The Bertz CT molecular complexity index is 498. The highest BCUT2D eigenvalue weighted by molar-refractivity contribution is 7.07. The number of para-hydroxylation sites is 1. The quantitative estimate of drug-likeness (QED) is 0.884. The van der Waals surface area contributed by atoms with Gasteiger partial charge in [0, 0.05) is 23.2 Å². The van der Waals surface area contributed by atoms with Crippen LogP contribution in [-0.2, 0) is 6.54 Å². The van der Waals surface area contributed by atoms with Crippen LogP contribution in [0.25, 0.3) is 0 Å². The number of fused-ring (bicyclic) bond motifs is 1. The molecular weight excluding hydrogens is 232 g/mol. The van der Waals surface area contributed by atoms with Crippen molar-refractivity contribution in [3.05, 3.63) is 46.4 Å². The van der Waals surface area contributed by atoms with Crippen LogP contribution in [0.4, 0.5) is 5.69 Å². The molecule has 1 atom stereocenters. The van der Waals surface area contributed by atoms with Crippen LogP contribution in [0.3, 0.4) is 0 Å². The number of nitrogens with zero attached hydrogens (tertiary/aromatic N) is 2. The van der Waals surface area contributed by atoms with Crippen molar-refractivity contribution in [2.75, 3.05) is 11.4 Å². The lowest BCUT2D eigenvalue weighted by Crippen LogP contribution is -2.30. The Kier molecular flexibility index (Phi) is 2.82. The first-order chi connectivity index (χ1) is 8.34. The van der Waals surface area contributed by atoms with Crippen molar-refractivity contribution < 1.29 is 5.11 Å². The SMILES string of the molecule is OC1CCN(Cc2cscn2)c2ccccc21. The van der Waals surface area contributed by atoms with E-state index in [0.29, 0.717) is 0 Å². The molecule has 1 aromatic carbocycles. The molecule has 1 aromatic heterocycles. The van der Waals surface area contributed by atoms with E-state index < -0.39 is 0 Å². The number of hydrogen-bond acceptors (Lipinski definition) is 4. The molecule has 0 spiro atoms. The van der Waals surface area contributed by atoms with Gasteiger partial charge in [0.1, 0.15) is 0 Å². The standard InChI is InChI=1S/C13H14N2OS/c16-13-5-6-15(7-10-8-17-9-14-10)12-4-2-1-3-11(12)13/h1-4,8-9,13,16H,5-7H2. The van der Waals surface area contributed by atoms with Crippen LogP contribution in [0.5, 0.6) is 0 Å². The Morgan fingerprint density at radius 3 is 3.12 bits per heavy atom. The van der Waals surface area contributed by atoms with Gasteiger partial charge in [-0.15, -0.1) is 11.3 Å². The van der Waals surface area contributed by atoms with Crippen molar-refractivity contribution in [2.24, 2.45) is 0 Å². The van der Waals surface area contributed by atoms with Crippen LogP contribution in [0.2, 0.25) is 0 Å². The number of aliphatic hydroxyl groups excluding tert-OH is 1. The maximum absolute atomic E-state index is 9.96. The third-order valence-corrected chi connectivity index (χ3v) is 3.78. The minimum Gasteiger partial charge on any atom is -0.388 e. The minimum atomic E-state index is -0.321. The van der Waals surface area contributed by atoms with E-state index in [-0.39, 0.29) is 6.10 Å². The van der Waals surface area contributed by atoms with E-state index in [1.54, 1.807) is 11.3 Å². The van der Waals surface area contributed by atoms with Gasteiger partial charge in [0.2, 0.25) is 0 Å². The molecule has 2 heterocycles. The highest BCUT2D eigenvalue weighted by atomic mass is 32.1. The van der Waals surface area contributed by atoms with Gasteiger partial charge in [0.05, 0.1) is 23.9 Å². The summed E-state index contributed by atoms with van der Waals surface area (Å²) in [7, 11) is 0. The number of thiazole rings is 1. The first-order valence-corrected chi connectivity index (χ1v) is 6.68. The van der Waals surface area contributed by atoms with E-state index in [1.807, 2.05) is 23.7 Å². The van der Waals surface area contributed by atoms with Crippen molar-refractivity contribution >= 4 is 17.0 Å². The van der Waals surface area contributed by atoms with Crippen LogP contribution < -0.4 is 4.90 Å². The molecule has 88 valence electrons. The summed E-state index contributed by atoms with van der Waals surface area (Å²) in [6.45, 7) is 1.71. The van der Waals surface area contributed by atoms with Crippen LogP contribution in [0, 0.1) is 0 Å². The molecule has 0 aliphatic carbocycles. The van der Waals surface area contributed by atoms with Gasteiger partial charge >= 0.3 is 0 Å². The molecule has 1 unspecified atom stereocenters. The maximum Gasteiger partial charge on any atom is 0.0826 e. The highest BCUT2D eigenvalue weighted by Gasteiger charge is 2.23. The van der Waals surface area contributed by atoms with E-state index in [1.165, 1.54) is 0 Å². The Labute approximate surface area is 104 Å². The van der Waals surface area contributed by atoms with Crippen LogP contribution >= 0.6 is 11.3 Å². The van der Waals surface area contributed by atoms with E-state index in [0.717, 1.165) is 36.5 Å². The summed E-state index contributed by atoms with van der Waals surface area (Å²) in [5.74, 6) is 0. The molecule has 0 saturated carbocycles. The first-order valence-electron chi connectivity index (χ1n) is 5.73.